The highest BCUT2D eigenvalue weighted by Crippen LogP contribution is 2.28. The van der Waals surface area contributed by atoms with Gasteiger partial charge in [0.1, 0.15) is 12.4 Å². The van der Waals surface area contributed by atoms with Crippen molar-refractivity contribution >= 4 is 11.8 Å². The van der Waals surface area contributed by atoms with Crippen LogP contribution in [-0.4, -0.2) is 43.3 Å². The highest BCUT2D eigenvalue weighted by molar-refractivity contribution is 7.99. The number of para-hydroxylation sites is 2. The zero-order valence-electron chi connectivity index (χ0n) is 15.6. The van der Waals surface area contributed by atoms with Gasteiger partial charge in [-0.25, -0.2) is 0 Å². The summed E-state index contributed by atoms with van der Waals surface area (Å²) in [5, 5.41) is 19.8. The molecule has 1 atom stereocenters. The Morgan fingerprint density at radius 3 is 2.31 bits per heavy atom. The van der Waals surface area contributed by atoms with Gasteiger partial charge in [-0.15, -0.1) is 10.2 Å². The van der Waals surface area contributed by atoms with E-state index in [-0.39, 0.29) is 6.61 Å². The molecule has 0 unspecified atom stereocenters. The molecule has 6 nitrogen and oxygen atoms in total. The molecule has 146 valence electrons. The first-order valence-electron chi connectivity index (χ1n) is 9.21. The van der Waals surface area contributed by atoms with E-state index >= 15 is 0 Å². The predicted molar refractivity (Wildman–Crippen MR) is 113 cm³/mol. The van der Waals surface area contributed by atoms with Crippen molar-refractivity contribution < 1.29 is 9.84 Å². The van der Waals surface area contributed by atoms with E-state index in [1.807, 2.05) is 77.4 Å². The third-order valence-corrected chi connectivity index (χ3v) is 5.25. The van der Waals surface area contributed by atoms with Crippen molar-refractivity contribution in [3.8, 4) is 22.8 Å². The lowest BCUT2D eigenvalue weighted by molar-refractivity contribution is 0.126. The number of hydrogen-bond donors (Lipinski definition) is 1. The molecular formula is C22H20N4O2S. The lowest BCUT2D eigenvalue weighted by atomic mass is 10.2. The zero-order chi connectivity index (χ0) is 19.9. The summed E-state index contributed by atoms with van der Waals surface area (Å²) in [6.07, 6.45) is 2.83. The maximum atomic E-state index is 10.3. The zero-order valence-corrected chi connectivity index (χ0v) is 16.4. The van der Waals surface area contributed by atoms with Crippen molar-refractivity contribution in [2.24, 2.45) is 0 Å². The van der Waals surface area contributed by atoms with Crippen LogP contribution in [0.1, 0.15) is 0 Å². The minimum Gasteiger partial charge on any atom is -0.491 e. The van der Waals surface area contributed by atoms with Crippen LogP contribution in [0.25, 0.3) is 17.1 Å². The molecule has 0 saturated carbocycles. The summed E-state index contributed by atoms with van der Waals surface area (Å²) in [7, 11) is 0. The number of nitrogens with zero attached hydrogens (tertiary/aromatic N) is 4. The number of benzene rings is 2. The molecule has 2 aromatic heterocycles. The van der Waals surface area contributed by atoms with Gasteiger partial charge >= 0.3 is 0 Å². The van der Waals surface area contributed by atoms with E-state index in [1.54, 1.807) is 12.4 Å². The number of aromatic nitrogens is 4. The van der Waals surface area contributed by atoms with E-state index in [9.17, 15) is 5.11 Å². The van der Waals surface area contributed by atoms with Crippen LogP contribution in [0.3, 0.4) is 0 Å². The Hall–Kier alpha value is -3.16. The number of hydrogen-bond acceptors (Lipinski definition) is 6. The van der Waals surface area contributed by atoms with Gasteiger partial charge in [0.25, 0.3) is 0 Å². The third-order valence-electron chi connectivity index (χ3n) is 4.18. The number of aliphatic hydroxyl groups is 1. The molecule has 2 aromatic carbocycles. The second-order valence-corrected chi connectivity index (χ2v) is 7.29. The van der Waals surface area contributed by atoms with Crippen molar-refractivity contribution in [3.05, 3.63) is 85.2 Å². The fraction of sp³-hybridized carbons (Fsp3) is 0.136. The van der Waals surface area contributed by atoms with E-state index in [0.717, 1.165) is 22.8 Å². The van der Waals surface area contributed by atoms with Crippen LogP contribution in [0, 0.1) is 0 Å². The van der Waals surface area contributed by atoms with E-state index in [4.69, 9.17) is 4.74 Å². The average molecular weight is 404 g/mol. The monoisotopic (exact) mass is 404 g/mol. The van der Waals surface area contributed by atoms with Gasteiger partial charge in [0.05, 0.1) is 6.10 Å². The first-order valence-corrected chi connectivity index (χ1v) is 10.2. The van der Waals surface area contributed by atoms with Gasteiger partial charge < -0.3 is 9.84 Å². The van der Waals surface area contributed by atoms with Gasteiger partial charge in [0.2, 0.25) is 0 Å². The lowest BCUT2D eigenvalue weighted by Gasteiger charge is -2.13. The minimum atomic E-state index is -0.634. The smallest absolute Gasteiger partial charge is 0.196 e. The number of aliphatic hydroxyl groups excluding tert-OH is 1. The van der Waals surface area contributed by atoms with Crippen molar-refractivity contribution in [2.45, 2.75) is 11.3 Å². The fourth-order valence-electron chi connectivity index (χ4n) is 2.79. The number of pyridine rings is 1. The SMILES string of the molecule is O[C@H](COc1ccccc1)CSc1nnc(-c2ccncc2)n1-c1ccccc1. The predicted octanol–water partition coefficient (Wildman–Crippen LogP) is 3.86. The Morgan fingerprint density at radius 2 is 1.59 bits per heavy atom. The molecule has 4 aromatic rings. The second kappa shape index (κ2) is 9.36. The Labute approximate surface area is 173 Å². The first-order chi connectivity index (χ1) is 14.3. The molecule has 7 heteroatoms. The van der Waals surface area contributed by atoms with Crippen LogP contribution in [0.4, 0.5) is 0 Å². The molecular weight excluding hydrogens is 384 g/mol. The van der Waals surface area contributed by atoms with Gasteiger partial charge in [-0.3, -0.25) is 9.55 Å². The molecule has 4 rings (SSSR count). The van der Waals surface area contributed by atoms with Crippen LogP contribution < -0.4 is 4.74 Å². The molecule has 0 bridgehead atoms. The third kappa shape index (κ3) is 4.82. The normalized spacial score (nSPS) is 11.9. The summed E-state index contributed by atoms with van der Waals surface area (Å²) in [4.78, 5) is 4.08. The largest absolute Gasteiger partial charge is 0.491 e. The highest BCUT2D eigenvalue weighted by Gasteiger charge is 2.17. The molecule has 29 heavy (non-hydrogen) atoms. The van der Waals surface area contributed by atoms with Crippen molar-refractivity contribution in [2.75, 3.05) is 12.4 Å². The van der Waals surface area contributed by atoms with E-state index in [0.29, 0.717) is 10.9 Å². The lowest BCUT2D eigenvalue weighted by Crippen LogP contribution is -2.20. The molecule has 0 saturated heterocycles. The van der Waals surface area contributed by atoms with Crippen molar-refractivity contribution in [3.63, 3.8) is 0 Å². The van der Waals surface area contributed by atoms with Gasteiger partial charge in [0, 0.05) is 29.4 Å². The fourth-order valence-corrected chi connectivity index (χ4v) is 3.65. The summed E-state index contributed by atoms with van der Waals surface area (Å²) >= 11 is 1.44. The molecule has 0 aliphatic rings. The summed E-state index contributed by atoms with van der Waals surface area (Å²) < 4.78 is 7.62. The quantitative estimate of drug-likeness (QED) is 0.450. The molecule has 0 aliphatic carbocycles. The van der Waals surface area contributed by atoms with E-state index in [1.165, 1.54) is 11.8 Å². The first kappa shape index (κ1) is 19.2. The standard InChI is InChI=1S/C22H20N4O2S/c27-19(15-28-20-9-5-2-6-10-20)16-29-22-25-24-21(17-11-13-23-14-12-17)26(22)18-7-3-1-4-8-18/h1-14,19,27H,15-16H2/t19-/m1/s1. The molecule has 1 N–H and O–H groups in total. The van der Waals surface area contributed by atoms with Gasteiger partial charge in [-0.2, -0.15) is 0 Å². The molecule has 0 amide bonds. The summed E-state index contributed by atoms with van der Waals surface area (Å²) in [5.41, 5.74) is 1.89. The van der Waals surface area contributed by atoms with Crippen molar-refractivity contribution in [1.82, 2.24) is 19.7 Å². The van der Waals surface area contributed by atoms with Crippen LogP contribution >= 0.6 is 11.8 Å². The molecule has 0 spiro atoms. The van der Waals surface area contributed by atoms with Gasteiger partial charge in [0.15, 0.2) is 11.0 Å². The summed E-state index contributed by atoms with van der Waals surface area (Å²) in [5.74, 6) is 1.91. The maximum absolute atomic E-state index is 10.3. The molecule has 2 heterocycles. The van der Waals surface area contributed by atoms with Gasteiger partial charge in [-0.05, 0) is 36.4 Å². The number of rotatable bonds is 8. The maximum Gasteiger partial charge on any atom is 0.196 e. The summed E-state index contributed by atoms with van der Waals surface area (Å²) in [6.45, 7) is 0.216. The van der Waals surface area contributed by atoms with Crippen LogP contribution in [0.15, 0.2) is 90.3 Å². The molecule has 0 fully saturated rings. The van der Waals surface area contributed by atoms with Crippen LogP contribution in [0.2, 0.25) is 0 Å². The van der Waals surface area contributed by atoms with Crippen LogP contribution in [0.5, 0.6) is 5.75 Å². The molecule has 0 aliphatic heterocycles. The average Bonchev–Trinajstić information content (AvgIpc) is 3.22. The minimum absolute atomic E-state index is 0.216. The molecule has 0 radical (unpaired) electrons. The Balaban J connectivity index is 1.51. The highest BCUT2D eigenvalue weighted by atomic mass is 32.2. The van der Waals surface area contributed by atoms with Crippen molar-refractivity contribution in [1.29, 1.82) is 0 Å². The Morgan fingerprint density at radius 1 is 0.897 bits per heavy atom. The van der Waals surface area contributed by atoms with Crippen LogP contribution in [-0.2, 0) is 0 Å². The topological polar surface area (TPSA) is 73.1 Å². The number of ether oxygens (including phenoxy) is 1. The van der Waals surface area contributed by atoms with E-state index in [2.05, 4.69) is 15.2 Å². The van der Waals surface area contributed by atoms with E-state index < -0.39 is 6.10 Å². The van der Waals surface area contributed by atoms with Gasteiger partial charge in [-0.1, -0.05) is 48.2 Å². The summed E-state index contributed by atoms with van der Waals surface area (Å²) in [6, 6.07) is 23.2. The Kier molecular flexibility index (Phi) is 6.19. The Bertz CT molecular complexity index is 1030. The second-order valence-electron chi connectivity index (χ2n) is 6.30. The number of thioether (sulfide) groups is 1.